The summed E-state index contributed by atoms with van der Waals surface area (Å²) in [4.78, 5) is 12.5. The maximum Gasteiger partial charge on any atom is 0.258 e. The Morgan fingerprint density at radius 2 is 1.42 bits per heavy atom. The second kappa shape index (κ2) is 11.1. The number of aliphatic hydroxyl groups is 1. The van der Waals surface area contributed by atoms with Gasteiger partial charge in [0.25, 0.3) is 8.32 Å². The Labute approximate surface area is 221 Å². The average Bonchev–Trinajstić information content (AvgIpc) is 3.10. The van der Waals surface area contributed by atoms with Crippen molar-refractivity contribution in [1.29, 1.82) is 0 Å². The minimum Gasteiger partial charge on any atom is -0.424 e. The van der Waals surface area contributed by atoms with Crippen LogP contribution >= 0.6 is 0 Å². The molecule has 3 rings (SSSR count). The highest BCUT2D eigenvalue weighted by atomic mass is 28.4. The second-order valence-corrected chi connectivity index (χ2v) is 21.6. The van der Waals surface area contributed by atoms with Gasteiger partial charge in [0.2, 0.25) is 0 Å². The summed E-state index contributed by atoms with van der Waals surface area (Å²) in [7, 11) is -5.03. The monoisotopic (exact) mass is 524 g/mol. The van der Waals surface area contributed by atoms with E-state index >= 15 is 0 Å². The molecule has 1 aliphatic rings. The summed E-state index contributed by atoms with van der Waals surface area (Å²) in [5.41, 5.74) is 0. The van der Waals surface area contributed by atoms with Crippen molar-refractivity contribution in [2.45, 2.75) is 95.7 Å². The lowest BCUT2D eigenvalue weighted by Gasteiger charge is -2.42. The van der Waals surface area contributed by atoms with E-state index in [9.17, 15) is 9.90 Å². The van der Waals surface area contributed by atoms with Gasteiger partial charge in [0, 0.05) is 0 Å². The van der Waals surface area contributed by atoms with Gasteiger partial charge in [0.05, 0.1) is 12.2 Å². The van der Waals surface area contributed by atoms with E-state index in [1.165, 1.54) is 0 Å². The molecule has 4 atom stereocenters. The van der Waals surface area contributed by atoms with Gasteiger partial charge in [-0.15, -0.1) is 6.58 Å². The van der Waals surface area contributed by atoms with Crippen molar-refractivity contribution in [2.24, 2.45) is 11.8 Å². The molecule has 0 heterocycles. The first-order valence-electron chi connectivity index (χ1n) is 13.5. The number of aliphatic hydroxyl groups excluding tert-OH is 1. The van der Waals surface area contributed by atoms with Crippen molar-refractivity contribution >= 4 is 27.0 Å². The third-order valence-electron chi connectivity index (χ3n) is 9.15. The van der Waals surface area contributed by atoms with Crippen molar-refractivity contribution < 1.29 is 14.3 Å². The molecule has 0 aliphatic heterocycles. The van der Waals surface area contributed by atoms with Gasteiger partial charge in [-0.3, -0.25) is 0 Å². The summed E-state index contributed by atoms with van der Waals surface area (Å²) in [6.45, 7) is 19.9. The quantitative estimate of drug-likeness (QED) is 0.285. The lowest BCUT2D eigenvalue weighted by molar-refractivity contribution is 0.107. The molecule has 1 unspecified atom stereocenters. The van der Waals surface area contributed by atoms with E-state index in [1.54, 1.807) is 0 Å². The van der Waals surface area contributed by atoms with Crippen LogP contribution in [0.3, 0.4) is 0 Å². The molecule has 0 bridgehead atoms. The molecule has 0 amide bonds. The third-order valence-corrected chi connectivity index (χ3v) is 18.2. The molecule has 1 fully saturated rings. The highest BCUT2D eigenvalue weighted by Crippen LogP contribution is 2.48. The van der Waals surface area contributed by atoms with Crippen LogP contribution in [0, 0.1) is 11.8 Å². The fraction of sp³-hybridized carbons (Fsp3) is 0.548. The van der Waals surface area contributed by atoms with Crippen molar-refractivity contribution in [3.8, 4) is 0 Å². The molecule has 0 saturated heterocycles. The maximum atomic E-state index is 12.5. The third kappa shape index (κ3) is 5.81. The number of allylic oxidation sites excluding steroid dienone is 1. The van der Waals surface area contributed by atoms with E-state index < -0.39 is 16.6 Å². The molecule has 2 N–H and O–H groups in total. The molecule has 5 heteroatoms. The zero-order valence-electron chi connectivity index (χ0n) is 23.5. The van der Waals surface area contributed by atoms with Crippen molar-refractivity contribution in [3.63, 3.8) is 0 Å². The zero-order valence-corrected chi connectivity index (χ0v) is 25.5. The van der Waals surface area contributed by atoms with Gasteiger partial charge >= 0.3 is 0 Å². The van der Waals surface area contributed by atoms with Crippen LogP contribution in [0.5, 0.6) is 0 Å². The van der Waals surface area contributed by atoms with Crippen LogP contribution in [0.15, 0.2) is 73.3 Å². The Bertz CT molecular complexity index is 942. The molecular weight excluding hydrogens is 477 g/mol. The molecule has 2 aromatic rings. The summed E-state index contributed by atoms with van der Waals surface area (Å²) in [6, 6.07) is 20.4. The number of benzene rings is 2. The molecule has 36 heavy (non-hydrogen) atoms. The first-order valence-corrected chi connectivity index (χ1v) is 18.4. The predicted molar refractivity (Wildman–Crippen MR) is 158 cm³/mol. The van der Waals surface area contributed by atoms with Crippen LogP contribution < -0.4 is 10.4 Å². The second-order valence-electron chi connectivity index (χ2n) is 12.9. The van der Waals surface area contributed by atoms with Crippen molar-refractivity contribution in [1.82, 2.24) is 0 Å². The Morgan fingerprint density at radius 3 is 1.86 bits per heavy atom. The molecule has 0 radical (unpaired) electrons. The van der Waals surface area contributed by atoms with E-state index in [0.717, 1.165) is 29.6 Å². The Balaban J connectivity index is 1.87. The molecule has 198 valence electrons. The van der Waals surface area contributed by atoms with Crippen LogP contribution in [0.25, 0.3) is 0 Å². The van der Waals surface area contributed by atoms with Crippen LogP contribution in [0.2, 0.25) is 23.2 Å². The van der Waals surface area contributed by atoms with Gasteiger partial charge in [0.1, 0.15) is 0 Å². The minimum atomic E-state index is -3.07. The molecular formula is C31H48O3Si2. The first kappa shape index (κ1) is 29.1. The van der Waals surface area contributed by atoms with Gasteiger partial charge in [-0.1, -0.05) is 101 Å². The lowest BCUT2D eigenvalue weighted by Crippen LogP contribution is -2.65. The Morgan fingerprint density at radius 1 is 0.917 bits per heavy atom. The largest absolute Gasteiger partial charge is 0.424 e. The van der Waals surface area contributed by atoms with Gasteiger partial charge < -0.3 is 14.3 Å². The summed E-state index contributed by atoms with van der Waals surface area (Å²) < 4.78 is 6.86. The highest BCUT2D eigenvalue weighted by Gasteiger charge is 2.52. The van der Waals surface area contributed by atoms with Crippen molar-refractivity contribution in [3.05, 3.63) is 73.3 Å². The SMILES string of the molecule is C=CC[C@@H]1C(CCC(C)(C)[Si](O)(c2ccccc2)c2ccccc2)[C@H](O)C[C@@H]1O[Si](C)(C)C(C)(C)C. The molecule has 1 aliphatic carbocycles. The summed E-state index contributed by atoms with van der Waals surface area (Å²) in [5.74, 6) is 0.396. The summed E-state index contributed by atoms with van der Waals surface area (Å²) >= 11 is 0. The van der Waals surface area contributed by atoms with E-state index in [2.05, 4.69) is 78.6 Å². The Kier molecular flexibility index (Phi) is 8.94. The fourth-order valence-corrected chi connectivity index (χ4v) is 10.9. The summed E-state index contributed by atoms with van der Waals surface area (Å²) in [6.07, 6.45) is 4.90. The van der Waals surface area contributed by atoms with Gasteiger partial charge in [0.15, 0.2) is 8.32 Å². The molecule has 1 saturated carbocycles. The van der Waals surface area contributed by atoms with E-state index in [0.29, 0.717) is 6.42 Å². The molecule has 0 spiro atoms. The van der Waals surface area contributed by atoms with E-state index in [1.807, 2.05) is 42.5 Å². The predicted octanol–water partition coefficient (Wildman–Crippen LogP) is 6.26. The van der Waals surface area contributed by atoms with Crippen LogP contribution in [0.1, 0.15) is 60.3 Å². The first-order chi connectivity index (χ1) is 16.7. The van der Waals surface area contributed by atoms with E-state index in [4.69, 9.17) is 4.43 Å². The fourth-order valence-electron chi connectivity index (χ4n) is 5.78. The highest BCUT2D eigenvalue weighted by molar-refractivity contribution is 6.98. The average molecular weight is 525 g/mol. The van der Waals surface area contributed by atoms with E-state index in [-0.39, 0.29) is 34.1 Å². The molecule has 2 aromatic carbocycles. The van der Waals surface area contributed by atoms with Gasteiger partial charge in [-0.05, 0) is 71.1 Å². The number of hydrogen-bond acceptors (Lipinski definition) is 3. The smallest absolute Gasteiger partial charge is 0.258 e. The molecule has 0 aromatic heterocycles. The minimum absolute atomic E-state index is 0.0615. The lowest BCUT2D eigenvalue weighted by atomic mass is 9.85. The maximum absolute atomic E-state index is 12.5. The number of hydrogen-bond donors (Lipinski definition) is 2. The van der Waals surface area contributed by atoms with Gasteiger partial charge in [-0.25, -0.2) is 0 Å². The van der Waals surface area contributed by atoms with Gasteiger partial charge in [-0.2, -0.15) is 0 Å². The topological polar surface area (TPSA) is 49.7 Å². The standard InChI is InChI=1S/C31H48O3Si2/c1-9-16-27-26(28(32)23-29(27)34-35(7,8)30(2,3)4)21-22-31(5,6)36(33,24-17-12-10-13-18-24)25-19-14-11-15-20-25/h9-15,17-20,26-29,32-33H,1,16,21-23H2,2-8H3/t26?,27-,28-,29+/m1/s1. The van der Waals surface area contributed by atoms with Crippen LogP contribution in [0.4, 0.5) is 0 Å². The van der Waals surface area contributed by atoms with Crippen LogP contribution in [-0.2, 0) is 4.43 Å². The summed E-state index contributed by atoms with van der Waals surface area (Å²) in [5, 5.41) is 13.1. The normalized spacial score (nSPS) is 23.6. The van der Waals surface area contributed by atoms with Crippen LogP contribution in [-0.4, -0.2) is 38.7 Å². The molecule has 3 nitrogen and oxygen atoms in total. The zero-order chi connectivity index (χ0) is 26.8. The van der Waals surface area contributed by atoms with Crippen molar-refractivity contribution in [2.75, 3.05) is 0 Å². The number of rotatable bonds is 10. The Hall–Kier alpha value is -1.51.